The van der Waals surface area contributed by atoms with Crippen LogP contribution in [0.1, 0.15) is 27.0 Å². The zero-order valence-corrected chi connectivity index (χ0v) is 10.7. The summed E-state index contributed by atoms with van der Waals surface area (Å²) in [5, 5.41) is 2.62. The summed E-state index contributed by atoms with van der Waals surface area (Å²) in [7, 11) is 0. The maximum atomic E-state index is 11.7. The van der Waals surface area contributed by atoms with Gasteiger partial charge in [0.1, 0.15) is 5.78 Å². The molecular weight excluding hydrogens is 242 g/mol. The molecule has 2 rings (SSSR count). The summed E-state index contributed by atoms with van der Waals surface area (Å²) in [6.45, 7) is 1.59. The minimum Gasteiger partial charge on any atom is -0.344 e. The quantitative estimate of drug-likeness (QED) is 0.896. The molecule has 0 saturated carbocycles. The second-order valence-electron chi connectivity index (χ2n) is 3.75. The van der Waals surface area contributed by atoms with E-state index in [2.05, 4.69) is 5.32 Å². The van der Waals surface area contributed by atoms with E-state index in [9.17, 15) is 9.59 Å². The van der Waals surface area contributed by atoms with Gasteiger partial charge in [0.15, 0.2) is 0 Å². The molecule has 1 aliphatic rings. The molecule has 0 aromatic carbocycles. The van der Waals surface area contributed by atoms with Gasteiger partial charge in [-0.2, -0.15) is 11.8 Å². The smallest absolute Gasteiger partial charge is 0.261 e. The Labute approximate surface area is 103 Å². The molecule has 3 nitrogen and oxygen atoms in total. The highest BCUT2D eigenvalue weighted by Crippen LogP contribution is 2.31. The Morgan fingerprint density at radius 1 is 1.50 bits per heavy atom. The van der Waals surface area contributed by atoms with Crippen molar-refractivity contribution in [2.24, 2.45) is 0 Å². The van der Waals surface area contributed by atoms with Crippen LogP contribution in [-0.4, -0.2) is 24.0 Å². The van der Waals surface area contributed by atoms with Crippen molar-refractivity contribution in [2.75, 3.05) is 12.3 Å². The lowest BCUT2D eigenvalue weighted by Crippen LogP contribution is -2.27. The van der Waals surface area contributed by atoms with Gasteiger partial charge in [-0.05, 0) is 30.7 Å². The summed E-state index contributed by atoms with van der Waals surface area (Å²) in [6.07, 6.45) is 1.06. The van der Waals surface area contributed by atoms with E-state index in [-0.39, 0.29) is 18.2 Å². The number of amides is 1. The fourth-order valence-electron chi connectivity index (χ4n) is 1.55. The molecule has 0 saturated heterocycles. The highest BCUT2D eigenvalue weighted by molar-refractivity contribution is 7.98. The molecule has 1 aliphatic heterocycles. The Kier molecular flexibility index (Phi) is 3.66. The number of aryl methyl sites for hydroxylation is 1. The third kappa shape index (κ3) is 2.65. The first-order valence-electron chi connectivity index (χ1n) is 5.14. The highest BCUT2D eigenvalue weighted by Gasteiger charge is 2.17. The van der Waals surface area contributed by atoms with E-state index in [1.54, 1.807) is 11.3 Å². The summed E-state index contributed by atoms with van der Waals surface area (Å²) in [5.41, 5.74) is 1.29. The molecule has 0 bridgehead atoms. The number of fused-ring (bicyclic) bond motifs is 1. The van der Waals surface area contributed by atoms with Gasteiger partial charge in [0.2, 0.25) is 0 Å². The van der Waals surface area contributed by atoms with Crippen molar-refractivity contribution >= 4 is 34.8 Å². The van der Waals surface area contributed by atoms with Crippen molar-refractivity contribution in [3.63, 3.8) is 0 Å². The molecule has 5 heteroatoms. The average molecular weight is 255 g/mol. The number of thioether (sulfide) groups is 1. The third-order valence-corrected chi connectivity index (χ3v) is 4.59. The fourth-order valence-corrected chi connectivity index (χ4v) is 3.84. The van der Waals surface area contributed by atoms with E-state index in [0.29, 0.717) is 0 Å². The van der Waals surface area contributed by atoms with Crippen molar-refractivity contribution in [2.45, 2.75) is 19.1 Å². The number of rotatable bonds is 3. The van der Waals surface area contributed by atoms with Crippen LogP contribution in [0.3, 0.4) is 0 Å². The topological polar surface area (TPSA) is 46.2 Å². The fraction of sp³-hybridized carbons (Fsp3) is 0.455. The molecule has 1 aromatic rings. The second kappa shape index (κ2) is 5.01. The van der Waals surface area contributed by atoms with Crippen LogP contribution in [0.5, 0.6) is 0 Å². The number of hydrogen-bond donors (Lipinski definition) is 1. The van der Waals surface area contributed by atoms with Gasteiger partial charge in [0.05, 0.1) is 11.4 Å². The number of ketones is 1. The van der Waals surface area contributed by atoms with Crippen LogP contribution in [0.15, 0.2) is 6.07 Å². The molecule has 16 heavy (non-hydrogen) atoms. The summed E-state index contributed by atoms with van der Waals surface area (Å²) in [5.74, 6) is 2.00. The molecule has 0 unspecified atom stereocenters. The Morgan fingerprint density at radius 2 is 2.31 bits per heavy atom. The summed E-state index contributed by atoms with van der Waals surface area (Å²) in [4.78, 5) is 24.5. The van der Waals surface area contributed by atoms with E-state index >= 15 is 0 Å². The molecule has 0 fully saturated rings. The van der Waals surface area contributed by atoms with Gasteiger partial charge in [-0.1, -0.05) is 0 Å². The van der Waals surface area contributed by atoms with Gasteiger partial charge in [-0.3, -0.25) is 9.59 Å². The number of carbonyl (C=O) groups is 2. The molecular formula is C11H13NO2S2. The molecule has 1 amide bonds. The SMILES string of the molecule is CC(=O)CNC(=O)c1cc2c(s1)CCSC2. The molecule has 1 aromatic heterocycles. The average Bonchev–Trinajstić information content (AvgIpc) is 2.69. The number of carbonyl (C=O) groups excluding carboxylic acids is 2. The minimum absolute atomic E-state index is 0.0229. The largest absolute Gasteiger partial charge is 0.344 e. The lowest BCUT2D eigenvalue weighted by molar-refractivity contribution is -0.116. The van der Waals surface area contributed by atoms with E-state index in [1.165, 1.54) is 17.4 Å². The highest BCUT2D eigenvalue weighted by atomic mass is 32.2. The molecule has 0 spiro atoms. The predicted octanol–water partition coefficient (Wildman–Crippen LogP) is 1.86. The number of hydrogen-bond acceptors (Lipinski definition) is 4. The van der Waals surface area contributed by atoms with Crippen LogP contribution in [0, 0.1) is 0 Å². The summed E-state index contributed by atoms with van der Waals surface area (Å²) >= 11 is 3.46. The maximum absolute atomic E-state index is 11.7. The van der Waals surface area contributed by atoms with Crippen LogP contribution in [0.2, 0.25) is 0 Å². The lowest BCUT2D eigenvalue weighted by Gasteiger charge is -2.08. The molecule has 86 valence electrons. The van der Waals surface area contributed by atoms with Crippen LogP contribution in [0.25, 0.3) is 0 Å². The van der Waals surface area contributed by atoms with Crippen LogP contribution < -0.4 is 5.32 Å². The van der Waals surface area contributed by atoms with Crippen molar-refractivity contribution in [3.8, 4) is 0 Å². The van der Waals surface area contributed by atoms with E-state index < -0.39 is 0 Å². The lowest BCUT2D eigenvalue weighted by atomic mass is 10.2. The van der Waals surface area contributed by atoms with Crippen LogP contribution in [-0.2, 0) is 17.0 Å². The van der Waals surface area contributed by atoms with Gasteiger partial charge >= 0.3 is 0 Å². The van der Waals surface area contributed by atoms with Crippen molar-refractivity contribution in [1.29, 1.82) is 0 Å². The Hall–Kier alpha value is -0.810. The number of nitrogens with one attached hydrogen (secondary N) is 1. The van der Waals surface area contributed by atoms with Gasteiger partial charge in [0, 0.05) is 10.6 Å². The minimum atomic E-state index is -0.125. The molecule has 2 heterocycles. The van der Waals surface area contributed by atoms with Crippen molar-refractivity contribution in [1.82, 2.24) is 5.32 Å². The molecule has 0 aliphatic carbocycles. The standard InChI is InChI=1S/C11H13NO2S2/c1-7(13)5-12-11(14)10-4-8-6-15-3-2-9(8)16-10/h4H,2-3,5-6H2,1H3,(H,12,14). The zero-order valence-electron chi connectivity index (χ0n) is 9.04. The van der Waals surface area contributed by atoms with Crippen LogP contribution in [0.4, 0.5) is 0 Å². The molecule has 0 radical (unpaired) electrons. The zero-order chi connectivity index (χ0) is 11.5. The Balaban J connectivity index is 2.06. The van der Waals surface area contributed by atoms with Crippen LogP contribution >= 0.6 is 23.1 Å². The monoisotopic (exact) mass is 255 g/mol. The van der Waals surface area contributed by atoms with Crippen molar-refractivity contribution < 1.29 is 9.59 Å². The Morgan fingerprint density at radius 3 is 3.00 bits per heavy atom. The van der Waals surface area contributed by atoms with Gasteiger partial charge in [-0.25, -0.2) is 0 Å². The summed E-state index contributed by atoms with van der Waals surface area (Å²) in [6, 6.07) is 1.96. The normalized spacial score (nSPS) is 14.3. The van der Waals surface area contributed by atoms with E-state index in [0.717, 1.165) is 22.8 Å². The first-order valence-corrected chi connectivity index (χ1v) is 7.11. The Bertz CT molecular complexity index is 402. The number of thiophene rings is 1. The van der Waals surface area contributed by atoms with E-state index in [4.69, 9.17) is 0 Å². The number of Topliss-reactive ketones (excluding diaryl/α,β-unsaturated/α-hetero) is 1. The first kappa shape index (κ1) is 11.7. The van der Waals surface area contributed by atoms with Gasteiger partial charge in [-0.15, -0.1) is 11.3 Å². The third-order valence-electron chi connectivity index (χ3n) is 2.35. The van der Waals surface area contributed by atoms with Gasteiger partial charge < -0.3 is 5.32 Å². The molecule has 1 N–H and O–H groups in total. The van der Waals surface area contributed by atoms with Crippen molar-refractivity contribution in [3.05, 3.63) is 21.4 Å². The molecule has 0 atom stereocenters. The first-order chi connectivity index (χ1) is 7.66. The second-order valence-corrected chi connectivity index (χ2v) is 5.99. The van der Waals surface area contributed by atoms with E-state index in [1.807, 2.05) is 17.8 Å². The maximum Gasteiger partial charge on any atom is 0.261 e. The summed E-state index contributed by atoms with van der Waals surface area (Å²) < 4.78 is 0. The van der Waals surface area contributed by atoms with Gasteiger partial charge in [0.25, 0.3) is 5.91 Å². The predicted molar refractivity (Wildman–Crippen MR) is 67.2 cm³/mol.